The highest BCUT2D eigenvalue weighted by atomic mass is 16.4. The van der Waals surface area contributed by atoms with Crippen LogP contribution in [0.25, 0.3) is 21.8 Å². The maximum atomic E-state index is 10.8. The zero-order valence-corrected chi connectivity index (χ0v) is 8.27. The monoisotopic (exact) mass is 212 g/mol. The summed E-state index contributed by atoms with van der Waals surface area (Å²) in [6, 6.07) is 9.01. The topological polar surface area (TPSA) is 66.0 Å². The van der Waals surface area contributed by atoms with Gasteiger partial charge in [-0.3, -0.25) is 4.98 Å². The van der Waals surface area contributed by atoms with Crippen molar-refractivity contribution in [1.29, 1.82) is 0 Å². The molecule has 0 amide bonds. The van der Waals surface area contributed by atoms with Crippen LogP contribution < -0.4 is 0 Å². The predicted molar refractivity (Wildman–Crippen MR) is 60.6 cm³/mol. The molecule has 0 atom stereocenters. The van der Waals surface area contributed by atoms with Gasteiger partial charge in [0.2, 0.25) is 0 Å². The first-order valence-electron chi connectivity index (χ1n) is 4.85. The molecular weight excluding hydrogens is 204 g/mol. The third-order valence-electron chi connectivity index (χ3n) is 2.64. The second-order valence-electron chi connectivity index (χ2n) is 3.58. The molecular formula is C12H8N2O2. The minimum Gasteiger partial charge on any atom is -0.477 e. The normalized spacial score (nSPS) is 11.0. The molecule has 2 heterocycles. The van der Waals surface area contributed by atoms with E-state index >= 15 is 0 Å². The lowest BCUT2D eigenvalue weighted by molar-refractivity contribution is 0.0691. The molecule has 1 aromatic carbocycles. The Morgan fingerprint density at radius 3 is 2.81 bits per heavy atom. The zero-order chi connectivity index (χ0) is 11.1. The van der Waals surface area contributed by atoms with Gasteiger partial charge in [-0.05, 0) is 30.3 Å². The van der Waals surface area contributed by atoms with Gasteiger partial charge < -0.3 is 10.1 Å². The molecule has 4 nitrogen and oxygen atoms in total. The van der Waals surface area contributed by atoms with E-state index in [1.165, 1.54) is 0 Å². The molecule has 0 fully saturated rings. The number of carboxylic acid groups (broad SMARTS) is 1. The standard InChI is InChI=1S/C12H8N2O2/c15-12(16)11-2-1-7-8-5-6-13-9(8)3-4-10(7)14-11/h1-6,14H,(H,15,16). The van der Waals surface area contributed by atoms with Crippen molar-refractivity contribution in [2.75, 3.05) is 0 Å². The third-order valence-corrected chi connectivity index (χ3v) is 2.64. The lowest BCUT2D eigenvalue weighted by atomic mass is 10.1. The minimum absolute atomic E-state index is 0.186. The Kier molecular flexibility index (Phi) is 1.71. The Balaban J connectivity index is 2.41. The Morgan fingerprint density at radius 1 is 1.12 bits per heavy atom. The number of pyridine rings is 1. The summed E-state index contributed by atoms with van der Waals surface area (Å²) in [6.07, 6.45) is 1.75. The first-order chi connectivity index (χ1) is 7.75. The summed E-state index contributed by atoms with van der Waals surface area (Å²) in [5.41, 5.74) is 1.91. The molecule has 0 saturated heterocycles. The number of hydrogen-bond acceptors (Lipinski definition) is 2. The number of nitrogens with one attached hydrogen (secondary N) is 1. The van der Waals surface area contributed by atoms with Gasteiger partial charge in [-0.15, -0.1) is 0 Å². The van der Waals surface area contributed by atoms with Gasteiger partial charge in [0.1, 0.15) is 5.69 Å². The molecule has 0 unspecified atom stereocenters. The fourth-order valence-electron chi connectivity index (χ4n) is 1.87. The Hall–Kier alpha value is -2.36. The Labute approximate surface area is 90.5 Å². The van der Waals surface area contributed by atoms with Gasteiger partial charge in [-0.25, -0.2) is 4.79 Å². The number of hydrogen-bond donors (Lipinski definition) is 2. The molecule has 2 aromatic heterocycles. The highest BCUT2D eigenvalue weighted by Gasteiger charge is 2.06. The van der Waals surface area contributed by atoms with E-state index in [2.05, 4.69) is 9.97 Å². The lowest BCUT2D eigenvalue weighted by Gasteiger charge is -2.02. The number of aromatic carboxylic acids is 1. The molecule has 0 bridgehead atoms. The van der Waals surface area contributed by atoms with Gasteiger partial charge >= 0.3 is 5.97 Å². The molecule has 0 spiro atoms. The maximum absolute atomic E-state index is 10.8. The second kappa shape index (κ2) is 3.06. The average molecular weight is 212 g/mol. The lowest BCUT2D eigenvalue weighted by Crippen LogP contribution is -1.99. The molecule has 78 valence electrons. The molecule has 0 aliphatic rings. The number of carbonyl (C=O) groups is 1. The predicted octanol–water partition coefficient (Wildman–Crippen LogP) is 2.41. The van der Waals surface area contributed by atoms with Crippen LogP contribution in [0.1, 0.15) is 10.5 Å². The summed E-state index contributed by atoms with van der Waals surface area (Å²) in [7, 11) is 0. The zero-order valence-electron chi connectivity index (χ0n) is 8.27. The summed E-state index contributed by atoms with van der Waals surface area (Å²) in [5, 5.41) is 10.9. The van der Waals surface area contributed by atoms with Crippen LogP contribution in [-0.4, -0.2) is 21.0 Å². The molecule has 2 N–H and O–H groups in total. The van der Waals surface area contributed by atoms with Crippen molar-refractivity contribution < 1.29 is 9.90 Å². The number of aromatic nitrogens is 2. The van der Waals surface area contributed by atoms with Crippen LogP contribution in [0.4, 0.5) is 0 Å². The summed E-state index contributed by atoms with van der Waals surface area (Å²) >= 11 is 0. The molecule has 0 saturated carbocycles. The van der Waals surface area contributed by atoms with Crippen molar-refractivity contribution in [1.82, 2.24) is 9.97 Å². The van der Waals surface area contributed by atoms with Gasteiger partial charge in [0.15, 0.2) is 0 Å². The number of H-pyrrole nitrogens is 1. The van der Waals surface area contributed by atoms with E-state index in [0.717, 1.165) is 21.8 Å². The highest BCUT2D eigenvalue weighted by molar-refractivity contribution is 6.05. The SMILES string of the molecule is O=C(O)c1ccc2c(ccc3nccc32)[nH]1. The van der Waals surface area contributed by atoms with E-state index in [0.29, 0.717) is 0 Å². The summed E-state index contributed by atoms with van der Waals surface area (Å²) in [5.74, 6) is -0.956. The molecule has 3 aromatic rings. The Bertz CT molecular complexity index is 700. The number of aromatic amines is 1. The molecule has 0 aliphatic carbocycles. The van der Waals surface area contributed by atoms with Crippen LogP contribution >= 0.6 is 0 Å². The van der Waals surface area contributed by atoms with E-state index in [1.54, 1.807) is 18.3 Å². The van der Waals surface area contributed by atoms with Crippen molar-refractivity contribution >= 4 is 27.8 Å². The van der Waals surface area contributed by atoms with Crippen molar-refractivity contribution in [2.45, 2.75) is 0 Å². The van der Waals surface area contributed by atoms with Crippen molar-refractivity contribution in [2.24, 2.45) is 0 Å². The highest BCUT2D eigenvalue weighted by Crippen LogP contribution is 2.23. The number of rotatable bonds is 1. The smallest absolute Gasteiger partial charge is 0.352 e. The number of benzene rings is 1. The molecule has 0 aliphatic heterocycles. The van der Waals surface area contributed by atoms with Gasteiger partial charge in [-0.2, -0.15) is 0 Å². The van der Waals surface area contributed by atoms with Crippen LogP contribution in [-0.2, 0) is 0 Å². The maximum Gasteiger partial charge on any atom is 0.352 e. The van der Waals surface area contributed by atoms with E-state index in [4.69, 9.17) is 5.11 Å². The fraction of sp³-hybridized carbons (Fsp3) is 0. The van der Waals surface area contributed by atoms with Crippen LogP contribution in [0.2, 0.25) is 0 Å². The first kappa shape index (κ1) is 8.91. The van der Waals surface area contributed by atoms with E-state index in [-0.39, 0.29) is 5.69 Å². The van der Waals surface area contributed by atoms with Gasteiger partial charge in [0.25, 0.3) is 0 Å². The van der Waals surface area contributed by atoms with Crippen LogP contribution in [0.3, 0.4) is 0 Å². The van der Waals surface area contributed by atoms with E-state index in [9.17, 15) is 4.79 Å². The van der Waals surface area contributed by atoms with E-state index in [1.807, 2.05) is 18.2 Å². The van der Waals surface area contributed by atoms with Crippen LogP contribution in [0.15, 0.2) is 36.5 Å². The van der Waals surface area contributed by atoms with Gasteiger partial charge in [0, 0.05) is 22.5 Å². The number of nitrogens with zero attached hydrogens (tertiary/aromatic N) is 1. The average Bonchev–Trinajstić information content (AvgIpc) is 2.76. The van der Waals surface area contributed by atoms with Gasteiger partial charge in [0.05, 0.1) is 5.52 Å². The minimum atomic E-state index is -0.956. The number of carboxylic acids is 1. The van der Waals surface area contributed by atoms with E-state index < -0.39 is 5.97 Å². The molecule has 3 rings (SSSR count). The van der Waals surface area contributed by atoms with Crippen molar-refractivity contribution in [3.05, 3.63) is 42.2 Å². The van der Waals surface area contributed by atoms with Crippen molar-refractivity contribution in [3.63, 3.8) is 0 Å². The fourth-order valence-corrected chi connectivity index (χ4v) is 1.87. The molecule has 0 radical (unpaired) electrons. The van der Waals surface area contributed by atoms with Crippen LogP contribution in [0.5, 0.6) is 0 Å². The quantitative estimate of drug-likeness (QED) is 0.651. The van der Waals surface area contributed by atoms with Gasteiger partial charge in [-0.1, -0.05) is 0 Å². The second-order valence-corrected chi connectivity index (χ2v) is 3.58. The first-order valence-corrected chi connectivity index (χ1v) is 4.85. The summed E-state index contributed by atoms with van der Waals surface area (Å²) in [6.45, 7) is 0. The summed E-state index contributed by atoms with van der Waals surface area (Å²) < 4.78 is 0. The largest absolute Gasteiger partial charge is 0.477 e. The summed E-state index contributed by atoms with van der Waals surface area (Å²) in [4.78, 5) is 17.9. The van der Waals surface area contributed by atoms with Crippen LogP contribution in [0, 0.1) is 0 Å². The molecule has 16 heavy (non-hydrogen) atoms. The number of fused-ring (bicyclic) bond motifs is 3. The van der Waals surface area contributed by atoms with Crippen molar-refractivity contribution in [3.8, 4) is 0 Å². The Morgan fingerprint density at radius 2 is 2.00 bits per heavy atom. The third kappa shape index (κ3) is 1.16. The molecule has 4 heteroatoms.